The number of hydrogen-bond acceptors (Lipinski definition) is 5. The minimum absolute atomic E-state index is 0.225. The highest BCUT2D eigenvalue weighted by atomic mass is 16.1. The van der Waals surface area contributed by atoms with Gasteiger partial charge in [0.05, 0.1) is 11.3 Å². The van der Waals surface area contributed by atoms with E-state index in [2.05, 4.69) is 27.0 Å². The van der Waals surface area contributed by atoms with Gasteiger partial charge in [0.25, 0.3) is 5.91 Å². The van der Waals surface area contributed by atoms with Gasteiger partial charge in [-0.05, 0) is 54.3 Å². The Labute approximate surface area is 175 Å². The Bertz CT molecular complexity index is 1160. The van der Waals surface area contributed by atoms with Gasteiger partial charge in [-0.1, -0.05) is 18.7 Å². The number of benzene rings is 1. The van der Waals surface area contributed by atoms with Gasteiger partial charge in [-0.15, -0.1) is 0 Å². The Morgan fingerprint density at radius 1 is 1.20 bits per heavy atom. The highest BCUT2D eigenvalue weighted by Crippen LogP contribution is 2.24. The van der Waals surface area contributed by atoms with Crippen LogP contribution in [0.2, 0.25) is 0 Å². The summed E-state index contributed by atoms with van der Waals surface area (Å²) in [4.78, 5) is 20.7. The number of nitrogens with zero attached hydrogens (tertiary/aromatic N) is 4. The molecule has 1 amide bonds. The van der Waals surface area contributed by atoms with Gasteiger partial charge in [-0.3, -0.25) is 14.5 Å². The highest BCUT2D eigenvalue weighted by Gasteiger charge is 2.11. The lowest BCUT2D eigenvalue weighted by Gasteiger charge is -2.09. The van der Waals surface area contributed by atoms with Crippen LogP contribution >= 0.6 is 0 Å². The maximum Gasteiger partial charge on any atom is 0.258 e. The molecule has 0 atom stereocenters. The number of aliphatic imine (C=N–C) groups is 1. The predicted molar refractivity (Wildman–Crippen MR) is 120 cm³/mol. The van der Waals surface area contributed by atoms with E-state index >= 15 is 0 Å². The van der Waals surface area contributed by atoms with Gasteiger partial charge >= 0.3 is 0 Å². The molecule has 30 heavy (non-hydrogen) atoms. The molecule has 0 saturated heterocycles. The van der Waals surface area contributed by atoms with E-state index in [1.54, 1.807) is 23.2 Å². The van der Waals surface area contributed by atoms with Crippen LogP contribution in [0.25, 0.3) is 16.8 Å². The molecule has 0 aliphatic carbocycles. The maximum atomic E-state index is 12.5. The first-order valence-corrected chi connectivity index (χ1v) is 9.37. The molecule has 0 aliphatic rings. The van der Waals surface area contributed by atoms with Gasteiger partial charge < -0.3 is 11.1 Å². The first kappa shape index (κ1) is 20.7. The molecule has 3 N–H and O–H groups in total. The molecule has 1 aromatic carbocycles. The van der Waals surface area contributed by atoms with E-state index in [1.807, 2.05) is 51.4 Å². The lowest BCUT2D eigenvalue weighted by atomic mass is 9.98. The lowest BCUT2D eigenvalue weighted by molar-refractivity contribution is 0.0964. The maximum absolute atomic E-state index is 12.5. The molecule has 0 bridgehead atoms. The molecule has 0 aliphatic heterocycles. The van der Waals surface area contributed by atoms with Crippen LogP contribution < -0.4 is 11.1 Å². The van der Waals surface area contributed by atoms with Crippen molar-refractivity contribution in [3.63, 3.8) is 0 Å². The molecule has 2 aromatic heterocycles. The average Bonchev–Trinajstić information content (AvgIpc) is 3.17. The first-order valence-electron chi connectivity index (χ1n) is 9.37. The van der Waals surface area contributed by atoms with E-state index in [0.717, 1.165) is 27.9 Å². The molecule has 7 nitrogen and oxygen atoms in total. The van der Waals surface area contributed by atoms with Gasteiger partial charge in [0.1, 0.15) is 5.82 Å². The smallest absolute Gasteiger partial charge is 0.258 e. The Kier molecular flexibility index (Phi) is 6.22. The van der Waals surface area contributed by atoms with E-state index < -0.39 is 0 Å². The molecule has 7 heteroatoms. The Balaban J connectivity index is 1.77. The number of allylic oxidation sites excluding steroid dienone is 1. The number of nitrogens with one attached hydrogen (secondary N) is 1. The molecule has 0 radical (unpaired) electrons. The van der Waals surface area contributed by atoms with Crippen molar-refractivity contribution in [3.8, 4) is 11.3 Å². The molecular formula is C23H24N6O. The normalized spacial score (nSPS) is 11.6. The van der Waals surface area contributed by atoms with E-state index in [1.165, 1.54) is 12.4 Å². The second-order valence-electron chi connectivity index (χ2n) is 6.88. The summed E-state index contributed by atoms with van der Waals surface area (Å²) in [6.07, 6.45) is 7.86. The molecule has 3 rings (SSSR count). The number of carbonyl (C=O) groups is 1. The van der Waals surface area contributed by atoms with Gasteiger partial charge in [0, 0.05) is 43.6 Å². The summed E-state index contributed by atoms with van der Waals surface area (Å²) >= 11 is 0. The number of carbonyl (C=O) groups excluding carboxylic acids is 1. The Morgan fingerprint density at radius 2 is 1.97 bits per heavy atom. The predicted octanol–water partition coefficient (Wildman–Crippen LogP) is 3.37. The quantitative estimate of drug-likeness (QED) is 0.620. The van der Waals surface area contributed by atoms with Crippen molar-refractivity contribution in [2.75, 3.05) is 0 Å². The zero-order valence-electron chi connectivity index (χ0n) is 17.3. The van der Waals surface area contributed by atoms with Gasteiger partial charge in [-0.25, -0.2) is 4.99 Å². The average molecular weight is 400 g/mol. The highest BCUT2D eigenvalue weighted by molar-refractivity contribution is 6.10. The third-order valence-corrected chi connectivity index (χ3v) is 4.64. The van der Waals surface area contributed by atoms with Crippen molar-refractivity contribution < 1.29 is 4.79 Å². The van der Waals surface area contributed by atoms with Crippen molar-refractivity contribution in [2.45, 2.75) is 13.8 Å². The largest absolute Gasteiger partial charge is 0.402 e. The van der Waals surface area contributed by atoms with Crippen molar-refractivity contribution >= 4 is 17.7 Å². The van der Waals surface area contributed by atoms with Crippen molar-refractivity contribution in [2.24, 2.45) is 17.8 Å². The van der Waals surface area contributed by atoms with Crippen LogP contribution in [0.4, 0.5) is 0 Å². The number of hydrogen-bond donors (Lipinski definition) is 2. The molecular weight excluding hydrogens is 376 g/mol. The summed E-state index contributed by atoms with van der Waals surface area (Å²) in [5.74, 6) is -0.101. The molecule has 0 fully saturated rings. The summed E-state index contributed by atoms with van der Waals surface area (Å²) in [6.45, 7) is 7.96. The standard InChI is InChI=1S/C23H24N6O/c1-15-5-6-18(21-8-10-29(4)28-21)11-19(15)17(3)13-26-22(12-24)27-23(30)20-14-25-9-7-16(20)2/h5-14H,3,24H2,1-2,4H3,(H,27,30)/b22-12+,26-13-. The van der Waals surface area contributed by atoms with Gasteiger partial charge in [0.15, 0.2) is 0 Å². The summed E-state index contributed by atoms with van der Waals surface area (Å²) in [6, 6.07) is 9.79. The first-order chi connectivity index (χ1) is 14.4. The molecule has 0 spiro atoms. The van der Waals surface area contributed by atoms with E-state index in [9.17, 15) is 4.79 Å². The fraction of sp³-hybridized carbons (Fsp3) is 0.130. The SMILES string of the molecule is C=C(/C=N\C(=C/N)NC(=O)c1cnccc1C)c1cc(-c2ccn(C)n2)ccc1C. The van der Waals surface area contributed by atoms with Crippen LogP contribution in [0.15, 0.2) is 72.5 Å². The summed E-state index contributed by atoms with van der Waals surface area (Å²) < 4.78 is 1.76. The van der Waals surface area contributed by atoms with Crippen molar-refractivity contribution in [1.29, 1.82) is 0 Å². The van der Waals surface area contributed by atoms with Crippen LogP contribution in [0.1, 0.15) is 27.0 Å². The third kappa shape index (κ3) is 4.70. The number of amides is 1. The number of rotatable bonds is 6. The van der Waals surface area contributed by atoms with Crippen LogP contribution in [0, 0.1) is 13.8 Å². The van der Waals surface area contributed by atoms with Crippen LogP contribution in [-0.4, -0.2) is 26.9 Å². The minimum atomic E-state index is -0.326. The van der Waals surface area contributed by atoms with Crippen molar-refractivity contribution in [3.05, 3.63) is 89.8 Å². The Morgan fingerprint density at radius 3 is 2.63 bits per heavy atom. The van der Waals surface area contributed by atoms with Crippen LogP contribution in [0.3, 0.4) is 0 Å². The molecule has 0 saturated carbocycles. The second-order valence-corrected chi connectivity index (χ2v) is 6.88. The van der Waals surface area contributed by atoms with E-state index in [0.29, 0.717) is 11.1 Å². The number of nitrogens with two attached hydrogens (primary N) is 1. The number of aromatic nitrogens is 3. The number of pyridine rings is 1. The molecule has 2 heterocycles. The fourth-order valence-corrected chi connectivity index (χ4v) is 2.92. The van der Waals surface area contributed by atoms with Gasteiger partial charge in [0.2, 0.25) is 0 Å². The molecule has 3 aromatic rings. The summed E-state index contributed by atoms with van der Waals surface area (Å²) in [5, 5.41) is 7.13. The number of aryl methyl sites for hydroxylation is 3. The third-order valence-electron chi connectivity index (χ3n) is 4.64. The summed E-state index contributed by atoms with van der Waals surface area (Å²) in [5.41, 5.74) is 11.5. The molecule has 0 unspecified atom stereocenters. The topological polar surface area (TPSA) is 98.2 Å². The van der Waals surface area contributed by atoms with Crippen molar-refractivity contribution in [1.82, 2.24) is 20.1 Å². The second kappa shape index (κ2) is 9.00. The molecule has 152 valence electrons. The van der Waals surface area contributed by atoms with Crippen LogP contribution in [-0.2, 0) is 7.05 Å². The van der Waals surface area contributed by atoms with Gasteiger partial charge in [-0.2, -0.15) is 5.10 Å². The fourth-order valence-electron chi connectivity index (χ4n) is 2.92. The van der Waals surface area contributed by atoms with E-state index in [4.69, 9.17) is 5.73 Å². The zero-order valence-corrected chi connectivity index (χ0v) is 17.3. The minimum Gasteiger partial charge on any atom is -0.402 e. The summed E-state index contributed by atoms with van der Waals surface area (Å²) in [7, 11) is 1.88. The van der Waals surface area contributed by atoms with E-state index in [-0.39, 0.29) is 11.7 Å². The monoisotopic (exact) mass is 400 g/mol. The Hall–Kier alpha value is -4.00. The van der Waals surface area contributed by atoms with Crippen LogP contribution in [0.5, 0.6) is 0 Å². The zero-order chi connectivity index (χ0) is 21.7. The lowest BCUT2D eigenvalue weighted by Crippen LogP contribution is -2.23.